The first-order valence-electron chi connectivity index (χ1n) is 15.0. The Kier molecular flexibility index (Phi) is 7.50. The molecule has 4 aliphatic rings. The Hall–Kier alpha value is -4.91. The zero-order valence-corrected chi connectivity index (χ0v) is 26.9. The number of anilines is 2. The molecule has 0 spiro atoms. The van der Waals surface area contributed by atoms with Crippen LogP contribution in [0.2, 0.25) is 0 Å². The molecule has 48 heavy (non-hydrogen) atoms. The molecule has 2 aromatic heterocycles. The molecule has 4 N–H and O–H groups in total. The van der Waals surface area contributed by atoms with E-state index < -0.39 is 37.3 Å². The standard InChI is InChI=1S/C31H30FN8O7P/c1-34-21-8-17(32)7-18-25-27(39-5-4-15-11-37(2)13-23(15)39)24(22(9-33)40(14-47-48(44,45)46)30(25)36-26(18)21)16-6-19-28(41)20(31(42)43)12-38(3)29(19)35-10-16/h6-8,10,12,15,23,34H,4-5,11,13-14H2,1-3H3,(H,42,43)(H2,44,45,46)/t15-,23+/m0/s1. The normalized spacial score (nSPS) is 18.2. The molecule has 2 saturated heterocycles. The Balaban J connectivity index is 1.66. The van der Waals surface area contributed by atoms with E-state index in [2.05, 4.69) is 26.2 Å². The number of phosphoric acid groups is 1. The molecule has 0 unspecified atom stereocenters. The molecule has 2 fully saturated rings. The van der Waals surface area contributed by atoms with Crippen LogP contribution in [0.1, 0.15) is 22.5 Å². The summed E-state index contributed by atoms with van der Waals surface area (Å²) in [7, 11) is 0.128. The maximum Gasteiger partial charge on any atom is 0.471 e. The van der Waals surface area contributed by atoms with E-state index in [1.165, 1.54) is 39.7 Å². The Morgan fingerprint density at radius 1 is 1.21 bits per heavy atom. The number of nitrogens with zero attached hydrogens (tertiary/aromatic N) is 7. The highest BCUT2D eigenvalue weighted by Crippen LogP contribution is 2.51. The molecule has 2 atom stereocenters. The van der Waals surface area contributed by atoms with Crippen LogP contribution < -0.4 is 15.6 Å². The topological polar surface area (TPSA) is 199 Å². The van der Waals surface area contributed by atoms with Crippen molar-refractivity contribution < 1.29 is 33.2 Å². The number of rotatable bonds is 7. The molecule has 1 aromatic carbocycles. The Bertz CT molecular complexity index is 2290. The molecular formula is C31H30FN8O7P. The third kappa shape index (κ3) is 4.99. The van der Waals surface area contributed by atoms with Crippen LogP contribution in [0.4, 0.5) is 15.8 Å². The number of fused-ring (bicyclic) bond motifs is 5. The number of aromatic nitrogens is 4. The molecule has 15 nitrogen and oxygen atoms in total. The van der Waals surface area contributed by atoms with Gasteiger partial charge in [0.25, 0.3) is 0 Å². The van der Waals surface area contributed by atoms with Crippen molar-refractivity contribution >= 4 is 47.1 Å². The summed E-state index contributed by atoms with van der Waals surface area (Å²) in [6, 6.07) is 6.22. The SMILES string of the molecule is CNc1cc(F)cc2c3c(N4CC[C@H]5CN(C)C[C@H]54)c(-c4cnc5c(c4)c(=O)c(C(=O)O)cn5C)c(C#N)n(COP(=O)(O)O)c-3nc12. The zero-order valence-electron chi connectivity index (χ0n) is 26.0. The lowest BCUT2D eigenvalue weighted by molar-refractivity contribution is 0.0694. The summed E-state index contributed by atoms with van der Waals surface area (Å²) in [5.74, 6) is -1.57. The lowest BCUT2D eigenvalue weighted by Crippen LogP contribution is -2.36. The number of carbonyl (C=O) groups is 1. The van der Waals surface area contributed by atoms with E-state index in [9.17, 15) is 34.3 Å². The summed E-state index contributed by atoms with van der Waals surface area (Å²) in [5.41, 5.74) is 0.988. The van der Waals surface area contributed by atoms with Crippen LogP contribution in [0.15, 0.2) is 35.4 Å². The third-order valence-electron chi connectivity index (χ3n) is 9.30. The number of benzene rings is 1. The second kappa shape index (κ2) is 11.4. The maximum atomic E-state index is 15.2. The summed E-state index contributed by atoms with van der Waals surface area (Å²) < 4.78 is 34.7. The number of hydrogen-bond donors (Lipinski definition) is 4. The molecule has 6 heterocycles. The van der Waals surface area contributed by atoms with Gasteiger partial charge in [0.2, 0.25) is 5.43 Å². The highest BCUT2D eigenvalue weighted by molar-refractivity contribution is 7.46. The van der Waals surface area contributed by atoms with Crippen molar-refractivity contribution in [2.24, 2.45) is 13.0 Å². The van der Waals surface area contributed by atoms with Gasteiger partial charge in [-0.3, -0.25) is 13.9 Å². The minimum absolute atomic E-state index is 0.00660. The molecular weight excluding hydrogens is 646 g/mol. The van der Waals surface area contributed by atoms with Crippen LogP contribution >= 0.6 is 7.82 Å². The monoisotopic (exact) mass is 676 g/mol. The van der Waals surface area contributed by atoms with Gasteiger partial charge in [-0.2, -0.15) is 5.26 Å². The lowest BCUT2D eigenvalue weighted by Gasteiger charge is -2.33. The van der Waals surface area contributed by atoms with Gasteiger partial charge in [-0.15, -0.1) is 0 Å². The van der Waals surface area contributed by atoms with Crippen molar-refractivity contribution in [1.29, 1.82) is 5.26 Å². The first-order chi connectivity index (χ1) is 22.8. The van der Waals surface area contributed by atoms with Gasteiger partial charge in [-0.05, 0) is 37.6 Å². The number of likely N-dealkylation sites (tertiary alicyclic amines) is 1. The summed E-state index contributed by atoms with van der Waals surface area (Å²) in [6.07, 6.45) is 3.46. The number of carboxylic acids is 1. The zero-order chi connectivity index (χ0) is 34.2. The number of likely N-dealkylation sites (N-methyl/N-ethyl adjacent to an activating group) is 1. The van der Waals surface area contributed by atoms with Crippen molar-refractivity contribution in [3.8, 4) is 28.6 Å². The van der Waals surface area contributed by atoms with Crippen LogP contribution in [0.3, 0.4) is 0 Å². The number of pyridine rings is 3. The molecule has 0 bridgehead atoms. The molecule has 7 rings (SSSR count). The van der Waals surface area contributed by atoms with Crippen molar-refractivity contribution in [2.75, 3.05) is 43.9 Å². The fraction of sp³-hybridized carbons (Fsp3) is 0.323. The van der Waals surface area contributed by atoms with Gasteiger partial charge in [0.05, 0.1) is 27.8 Å². The van der Waals surface area contributed by atoms with Gasteiger partial charge in [-0.1, -0.05) is 0 Å². The summed E-state index contributed by atoms with van der Waals surface area (Å²) in [5, 5.41) is 23.8. The van der Waals surface area contributed by atoms with E-state index >= 15 is 4.39 Å². The predicted molar refractivity (Wildman–Crippen MR) is 173 cm³/mol. The Morgan fingerprint density at radius 2 is 1.98 bits per heavy atom. The lowest BCUT2D eigenvalue weighted by atomic mass is 9.94. The van der Waals surface area contributed by atoms with Crippen LogP contribution in [-0.4, -0.2) is 84.6 Å². The average Bonchev–Trinajstić information content (AvgIpc) is 3.72. The maximum absolute atomic E-state index is 15.2. The van der Waals surface area contributed by atoms with Crippen LogP contribution in [0, 0.1) is 23.1 Å². The van der Waals surface area contributed by atoms with Crippen molar-refractivity contribution in [3.63, 3.8) is 0 Å². The van der Waals surface area contributed by atoms with Crippen molar-refractivity contribution in [1.82, 2.24) is 24.0 Å². The van der Waals surface area contributed by atoms with E-state index in [0.717, 1.165) is 13.0 Å². The second-order valence-corrected chi connectivity index (χ2v) is 13.4. The van der Waals surface area contributed by atoms with E-state index in [4.69, 9.17) is 9.51 Å². The number of halogens is 1. The first kappa shape index (κ1) is 31.7. The van der Waals surface area contributed by atoms with Gasteiger partial charge in [0.1, 0.15) is 41.3 Å². The summed E-state index contributed by atoms with van der Waals surface area (Å²) in [6.45, 7) is 1.33. The summed E-state index contributed by atoms with van der Waals surface area (Å²) >= 11 is 0. The molecule has 0 saturated carbocycles. The van der Waals surface area contributed by atoms with Crippen LogP contribution in [0.5, 0.6) is 0 Å². The molecule has 3 aromatic rings. The number of nitriles is 1. The molecule has 17 heteroatoms. The highest BCUT2D eigenvalue weighted by Gasteiger charge is 2.44. The number of nitrogens with one attached hydrogen (secondary N) is 1. The number of aromatic carboxylic acids is 1. The Morgan fingerprint density at radius 3 is 2.67 bits per heavy atom. The quantitative estimate of drug-likeness (QED) is 0.184. The first-order valence-corrected chi connectivity index (χ1v) is 16.5. The van der Waals surface area contributed by atoms with Gasteiger partial charge < -0.3 is 34.6 Å². The molecule has 0 radical (unpaired) electrons. The minimum atomic E-state index is -5.06. The predicted octanol–water partition coefficient (Wildman–Crippen LogP) is 3.01. The summed E-state index contributed by atoms with van der Waals surface area (Å²) in [4.78, 5) is 58.4. The average molecular weight is 677 g/mol. The van der Waals surface area contributed by atoms with E-state index in [0.29, 0.717) is 40.9 Å². The third-order valence-corrected chi connectivity index (χ3v) is 9.75. The van der Waals surface area contributed by atoms with Gasteiger partial charge in [0.15, 0.2) is 0 Å². The number of aryl methyl sites for hydroxylation is 1. The second-order valence-electron chi connectivity index (χ2n) is 12.2. The number of carboxylic acid groups (broad SMARTS) is 1. The molecule has 248 valence electrons. The van der Waals surface area contributed by atoms with E-state index in [1.807, 2.05) is 7.05 Å². The highest BCUT2D eigenvalue weighted by atomic mass is 31.2. The van der Waals surface area contributed by atoms with Gasteiger partial charge in [-0.25, -0.2) is 23.7 Å². The fourth-order valence-electron chi connectivity index (χ4n) is 7.33. The van der Waals surface area contributed by atoms with Crippen molar-refractivity contribution in [2.45, 2.75) is 19.2 Å². The minimum Gasteiger partial charge on any atom is -0.477 e. The largest absolute Gasteiger partial charge is 0.477 e. The number of phosphoric ester groups is 1. The van der Waals surface area contributed by atoms with Gasteiger partial charge in [0, 0.05) is 68.7 Å². The smallest absolute Gasteiger partial charge is 0.471 e. The van der Waals surface area contributed by atoms with Gasteiger partial charge >= 0.3 is 13.8 Å². The van der Waals surface area contributed by atoms with E-state index in [1.54, 1.807) is 14.1 Å². The van der Waals surface area contributed by atoms with Crippen LogP contribution in [-0.2, 0) is 22.9 Å². The fourth-order valence-corrected chi connectivity index (χ4v) is 7.59. The molecule has 4 aliphatic heterocycles. The molecule has 0 aliphatic carbocycles. The molecule has 0 amide bonds. The van der Waals surface area contributed by atoms with Crippen LogP contribution in [0.25, 0.3) is 44.5 Å². The number of hydrogen-bond acceptors (Lipinski definition) is 10. The Labute approximate surface area is 272 Å². The van der Waals surface area contributed by atoms with E-state index in [-0.39, 0.29) is 45.6 Å². The van der Waals surface area contributed by atoms with Crippen molar-refractivity contribution in [3.05, 3.63) is 57.9 Å².